The van der Waals surface area contributed by atoms with Crippen LogP contribution in [-0.2, 0) is 14.3 Å². The first-order valence-electron chi connectivity index (χ1n) is 9.05. The van der Waals surface area contributed by atoms with Gasteiger partial charge >= 0.3 is 5.97 Å². The molecule has 0 spiro atoms. The summed E-state index contributed by atoms with van der Waals surface area (Å²) in [5.41, 5.74) is 2.64. The van der Waals surface area contributed by atoms with Gasteiger partial charge in [-0.3, -0.25) is 9.59 Å². The molecule has 0 aromatic heterocycles. The maximum Gasteiger partial charge on any atom is 0.337 e. The summed E-state index contributed by atoms with van der Waals surface area (Å²) in [6.07, 6.45) is 0. The molecule has 0 aliphatic carbocycles. The zero-order chi connectivity index (χ0) is 21.2. The van der Waals surface area contributed by atoms with E-state index in [0.717, 1.165) is 5.56 Å². The zero-order valence-corrected chi connectivity index (χ0v) is 16.7. The molecule has 0 aliphatic rings. The van der Waals surface area contributed by atoms with Gasteiger partial charge in [0.25, 0.3) is 5.91 Å². The van der Waals surface area contributed by atoms with Crippen molar-refractivity contribution in [2.24, 2.45) is 0 Å². The van der Waals surface area contributed by atoms with E-state index in [1.807, 2.05) is 6.92 Å². The maximum atomic E-state index is 12.4. The van der Waals surface area contributed by atoms with E-state index in [2.05, 4.69) is 16.0 Å². The summed E-state index contributed by atoms with van der Waals surface area (Å²) < 4.78 is 9.62. The fourth-order valence-electron chi connectivity index (χ4n) is 2.57. The lowest BCUT2D eigenvalue weighted by Crippen LogP contribution is -2.28. The zero-order valence-electron chi connectivity index (χ0n) is 16.7. The standard InChI is InChI=1S/C21H25N3O5/c1-14-8-9-15(21(27)29-3)12-18(14)24-19(25)13-23-17-7-5-4-6-16(17)20(26)22-10-11-28-2/h4-9,12,23H,10-11,13H2,1-3H3,(H,22,26)(H,24,25). The van der Waals surface area contributed by atoms with Crippen LogP contribution in [0.15, 0.2) is 42.5 Å². The highest BCUT2D eigenvalue weighted by Crippen LogP contribution is 2.18. The molecule has 0 heterocycles. The molecule has 2 amide bonds. The molecule has 0 saturated carbocycles. The minimum atomic E-state index is -0.480. The van der Waals surface area contributed by atoms with Crippen molar-refractivity contribution in [2.45, 2.75) is 6.92 Å². The Morgan fingerprint density at radius 3 is 2.48 bits per heavy atom. The Hall–Kier alpha value is -3.39. The van der Waals surface area contributed by atoms with Crippen LogP contribution in [0.4, 0.5) is 11.4 Å². The third-order valence-electron chi connectivity index (χ3n) is 4.14. The van der Waals surface area contributed by atoms with E-state index in [1.165, 1.54) is 7.11 Å². The number of benzene rings is 2. The number of nitrogens with one attached hydrogen (secondary N) is 3. The highest BCUT2D eigenvalue weighted by molar-refractivity contribution is 6.01. The number of amides is 2. The van der Waals surface area contributed by atoms with Gasteiger partial charge in [-0.1, -0.05) is 18.2 Å². The highest BCUT2D eigenvalue weighted by Gasteiger charge is 2.13. The largest absolute Gasteiger partial charge is 0.465 e. The van der Waals surface area contributed by atoms with Gasteiger partial charge in [0.15, 0.2) is 0 Å². The lowest BCUT2D eigenvalue weighted by molar-refractivity contribution is -0.114. The van der Waals surface area contributed by atoms with Gasteiger partial charge in [0.2, 0.25) is 5.91 Å². The third-order valence-corrected chi connectivity index (χ3v) is 4.14. The minimum Gasteiger partial charge on any atom is -0.465 e. The van der Waals surface area contributed by atoms with E-state index in [4.69, 9.17) is 9.47 Å². The summed E-state index contributed by atoms with van der Waals surface area (Å²) in [6, 6.07) is 11.8. The van der Waals surface area contributed by atoms with Gasteiger partial charge in [-0.25, -0.2) is 4.79 Å². The predicted molar refractivity (Wildman–Crippen MR) is 110 cm³/mol. The Balaban J connectivity index is 2.01. The number of ether oxygens (including phenoxy) is 2. The van der Waals surface area contributed by atoms with Gasteiger partial charge < -0.3 is 25.4 Å². The van der Waals surface area contributed by atoms with Gasteiger partial charge in [0, 0.05) is 25.0 Å². The molecule has 154 valence electrons. The smallest absolute Gasteiger partial charge is 0.337 e. The first-order valence-corrected chi connectivity index (χ1v) is 9.05. The number of carbonyl (C=O) groups is 3. The van der Waals surface area contributed by atoms with Crippen LogP contribution in [0.3, 0.4) is 0 Å². The number of esters is 1. The van der Waals surface area contributed by atoms with Crippen LogP contribution in [0.1, 0.15) is 26.3 Å². The summed E-state index contributed by atoms with van der Waals surface area (Å²) in [4.78, 5) is 36.3. The molecule has 8 heteroatoms. The normalized spacial score (nSPS) is 10.2. The Labute approximate surface area is 169 Å². The molecule has 2 aromatic carbocycles. The van der Waals surface area contributed by atoms with Crippen molar-refractivity contribution in [3.8, 4) is 0 Å². The maximum absolute atomic E-state index is 12.4. The van der Waals surface area contributed by atoms with Gasteiger partial charge in [-0.15, -0.1) is 0 Å². The molecule has 0 radical (unpaired) electrons. The SMILES string of the molecule is COCCNC(=O)c1ccccc1NCC(=O)Nc1cc(C(=O)OC)ccc1C. The number of aryl methyl sites for hydroxylation is 1. The lowest BCUT2D eigenvalue weighted by Gasteiger charge is -2.13. The van der Waals surface area contributed by atoms with Crippen molar-refractivity contribution < 1.29 is 23.9 Å². The summed E-state index contributed by atoms with van der Waals surface area (Å²) >= 11 is 0. The number of anilines is 2. The number of hydrogen-bond donors (Lipinski definition) is 3. The molecule has 0 aliphatic heterocycles. The fourth-order valence-corrected chi connectivity index (χ4v) is 2.57. The molecule has 2 aromatic rings. The van der Waals surface area contributed by atoms with E-state index < -0.39 is 5.97 Å². The molecule has 3 N–H and O–H groups in total. The summed E-state index contributed by atoms with van der Waals surface area (Å²) in [6.45, 7) is 2.57. The summed E-state index contributed by atoms with van der Waals surface area (Å²) in [5.74, 6) is -1.05. The fraction of sp³-hybridized carbons (Fsp3) is 0.286. The van der Waals surface area contributed by atoms with Crippen LogP contribution in [0.25, 0.3) is 0 Å². The van der Waals surface area contributed by atoms with Crippen molar-refractivity contribution in [3.05, 3.63) is 59.2 Å². The molecule has 0 unspecified atom stereocenters. The molecular weight excluding hydrogens is 374 g/mol. The van der Waals surface area contributed by atoms with E-state index in [9.17, 15) is 14.4 Å². The molecule has 0 bridgehead atoms. The monoisotopic (exact) mass is 399 g/mol. The van der Waals surface area contributed by atoms with Crippen LogP contribution in [-0.4, -0.2) is 51.7 Å². The van der Waals surface area contributed by atoms with Gasteiger partial charge in [0.1, 0.15) is 0 Å². The Kier molecular flexibility index (Phi) is 8.17. The Bertz CT molecular complexity index is 882. The van der Waals surface area contributed by atoms with E-state index in [1.54, 1.807) is 49.6 Å². The summed E-state index contributed by atoms with van der Waals surface area (Å²) in [7, 11) is 2.86. The van der Waals surface area contributed by atoms with Crippen molar-refractivity contribution in [2.75, 3.05) is 44.5 Å². The molecule has 29 heavy (non-hydrogen) atoms. The van der Waals surface area contributed by atoms with Crippen LogP contribution in [0, 0.1) is 6.92 Å². The second-order valence-electron chi connectivity index (χ2n) is 6.22. The quantitative estimate of drug-likeness (QED) is 0.441. The molecular formula is C21H25N3O5. The number of carbonyl (C=O) groups excluding carboxylic acids is 3. The highest BCUT2D eigenvalue weighted by atomic mass is 16.5. The first-order chi connectivity index (χ1) is 14.0. The van der Waals surface area contributed by atoms with Crippen LogP contribution < -0.4 is 16.0 Å². The van der Waals surface area contributed by atoms with E-state index in [-0.39, 0.29) is 18.4 Å². The van der Waals surface area contributed by atoms with Crippen molar-refractivity contribution >= 4 is 29.2 Å². The first kappa shape index (κ1) is 21.9. The number of para-hydroxylation sites is 1. The molecule has 0 fully saturated rings. The van der Waals surface area contributed by atoms with Gasteiger partial charge in [-0.2, -0.15) is 0 Å². The molecule has 0 atom stereocenters. The van der Waals surface area contributed by atoms with Gasteiger partial charge in [-0.05, 0) is 36.8 Å². The number of hydrogen-bond acceptors (Lipinski definition) is 6. The number of methoxy groups -OCH3 is 2. The average Bonchev–Trinajstić information content (AvgIpc) is 2.73. The topological polar surface area (TPSA) is 106 Å². The van der Waals surface area contributed by atoms with Crippen molar-refractivity contribution in [1.82, 2.24) is 5.32 Å². The van der Waals surface area contributed by atoms with Crippen LogP contribution in [0.5, 0.6) is 0 Å². The molecule has 0 saturated heterocycles. The average molecular weight is 399 g/mol. The second kappa shape index (κ2) is 10.8. The summed E-state index contributed by atoms with van der Waals surface area (Å²) in [5, 5.41) is 8.49. The van der Waals surface area contributed by atoms with Gasteiger partial charge in [0.05, 0.1) is 31.4 Å². The Morgan fingerprint density at radius 1 is 1.00 bits per heavy atom. The predicted octanol–water partition coefficient (Wildman–Crippen LogP) is 2.21. The van der Waals surface area contributed by atoms with Crippen LogP contribution >= 0.6 is 0 Å². The second-order valence-corrected chi connectivity index (χ2v) is 6.22. The van der Waals surface area contributed by atoms with Crippen LogP contribution in [0.2, 0.25) is 0 Å². The molecule has 2 rings (SSSR count). The Morgan fingerprint density at radius 2 is 1.76 bits per heavy atom. The molecule has 8 nitrogen and oxygen atoms in total. The van der Waals surface area contributed by atoms with E-state index >= 15 is 0 Å². The number of rotatable bonds is 9. The van der Waals surface area contributed by atoms with Crippen molar-refractivity contribution in [3.63, 3.8) is 0 Å². The minimum absolute atomic E-state index is 0.0513. The van der Waals surface area contributed by atoms with E-state index in [0.29, 0.717) is 35.7 Å². The lowest BCUT2D eigenvalue weighted by atomic mass is 10.1. The third kappa shape index (κ3) is 6.32. The van der Waals surface area contributed by atoms with Crippen molar-refractivity contribution in [1.29, 1.82) is 0 Å².